The monoisotopic (exact) mass is 352 g/mol. The molecular weight excluding hydrogens is 346 g/mol. The molecule has 0 saturated heterocycles. The molecule has 1 amide bonds. The highest BCUT2D eigenvalue weighted by molar-refractivity contribution is 9.10. The minimum atomic E-state index is -1.37. The average molecular weight is 354 g/mol. The van der Waals surface area contributed by atoms with Crippen molar-refractivity contribution in [3.63, 3.8) is 0 Å². The van der Waals surface area contributed by atoms with Gasteiger partial charge >= 0.3 is 0 Å². The predicted octanol–water partition coefficient (Wildman–Crippen LogP) is 2.72. The van der Waals surface area contributed by atoms with Crippen LogP contribution in [0, 0.1) is 0 Å². The molecular formula is C14H8BrClNO3-. The topological polar surface area (TPSA) is 69.2 Å². The van der Waals surface area contributed by atoms with Gasteiger partial charge < -0.3 is 15.2 Å². The lowest BCUT2D eigenvalue weighted by Crippen LogP contribution is -2.25. The number of carbonyl (C=O) groups excluding carboxylic acids is 2. The highest BCUT2D eigenvalue weighted by Gasteiger charge is 2.10. The van der Waals surface area contributed by atoms with E-state index in [2.05, 4.69) is 21.2 Å². The molecule has 0 radical (unpaired) electrons. The summed E-state index contributed by atoms with van der Waals surface area (Å²) in [5.41, 5.74) is 0.401. The van der Waals surface area contributed by atoms with Crippen LogP contribution < -0.4 is 10.4 Å². The Kier molecular flexibility index (Phi) is 4.42. The number of hydrogen-bond acceptors (Lipinski definition) is 3. The van der Waals surface area contributed by atoms with Crippen LogP contribution in [0.5, 0.6) is 0 Å². The van der Waals surface area contributed by atoms with Crippen LogP contribution in [-0.4, -0.2) is 11.9 Å². The first kappa shape index (κ1) is 14.6. The maximum atomic E-state index is 12.0. The molecule has 0 fully saturated rings. The Labute approximate surface area is 128 Å². The van der Waals surface area contributed by atoms with E-state index >= 15 is 0 Å². The van der Waals surface area contributed by atoms with Gasteiger partial charge in [0.1, 0.15) is 0 Å². The average Bonchev–Trinajstić information content (AvgIpc) is 2.40. The van der Waals surface area contributed by atoms with E-state index in [0.717, 1.165) is 0 Å². The van der Waals surface area contributed by atoms with Crippen LogP contribution in [0.25, 0.3) is 0 Å². The second-order valence-electron chi connectivity index (χ2n) is 3.94. The fourth-order valence-corrected chi connectivity index (χ4v) is 2.17. The van der Waals surface area contributed by atoms with E-state index in [-0.39, 0.29) is 11.3 Å². The number of halogens is 2. The Morgan fingerprint density at radius 1 is 1.15 bits per heavy atom. The third-order valence-electron chi connectivity index (χ3n) is 2.54. The van der Waals surface area contributed by atoms with Crippen LogP contribution in [0.1, 0.15) is 20.7 Å². The molecule has 2 aromatic rings. The van der Waals surface area contributed by atoms with E-state index < -0.39 is 11.9 Å². The first-order valence-corrected chi connectivity index (χ1v) is 6.72. The fourth-order valence-electron chi connectivity index (χ4n) is 1.62. The molecule has 0 unspecified atom stereocenters. The number of carbonyl (C=O) groups is 2. The molecule has 2 rings (SSSR count). The number of carboxylic acid groups (broad SMARTS) is 1. The summed E-state index contributed by atoms with van der Waals surface area (Å²) in [5, 5.41) is 14.0. The number of benzene rings is 2. The van der Waals surface area contributed by atoms with E-state index in [1.165, 1.54) is 18.2 Å². The SMILES string of the molecule is O=C(Nc1ccc(Br)cc1C(=O)[O-])c1cccc(Cl)c1. The third kappa shape index (κ3) is 3.37. The number of rotatable bonds is 3. The van der Waals surface area contributed by atoms with Crippen LogP contribution in [0.4, 0.5) is 5.69 Å². The van der Waals surface area contributed by atoms with E-state index in [1.807, 2.05) is 0 Å². The van der Waals surface area contributed by atoms with Crippen molar-refractivity contribution in [1.29, 1.82) is 0 Å². The molecule has 0 aliphatic rings. The smallest absolute Gasteiger partial charge is 0.255 e. The number of aromatic carboxylic acids is 1. The maximum Gasteiger partial charge on any atom is 0.255 e. The van der Waals surface area contributed by atoms with E-state index in [9.17, 15) is 14.7 Å². The third-order valence-corrected chi connectivity index (χ3v) is 3.26. The number of nitrogens with one attached hydrogen (secondary N) is 1. The van der Waals surface area contributed by atoms with Gasteiger partial charge in [0, 0.05) is 20.6 Å². The number of anilines is 1. The quantitative estimate of drug-likeness (QED) is 0.922. The minimum Gasteiger partial charge on any atom is -0.545 e. The Bertz CT molecular complexity index is 688. The molecule has 0 saturated carbocycles. The van der Waals surface area contributed by atoms with Crippen molar-refractivity contribution >= 4 is 45.1 Å². The number of carboxylic acids is 1. The molecule has 0 aliphatic carbocycles. The zero-order chi connectivity index (χ0) is 14.7. The van der Waals surface area contributed by atoms with Gasteiger partial charge in [0.2, 0.25) is 0 Å². The molecule has 2 aromatic carbocycles. The molecule has 4 nitrogen and oxygen atoms in total. The largest absolute Gasteiger partial charge is 0.545 e. The standard InChI is InChI=1S/C14H9BrClNO3/c15-9-4-5-12(11(7-9)14(19)20)17-13(18)8-2-1-3-10(16)6-8/h1-7H,(H,17,18)(H,19,20)/p-1. The Morgan fingerprint density at radius 3 is 2.55 bits per heavy atom. The highest BCUT2D eigenvalue weighted by atomic mass is 79.9. The summed E-state index contributed by atoms with van der Waals surface area (Å²) in [7, 11) is 0. The molecule has 20 heavy (non-hydrogen) atoms. The van der Waals surface area contributed by atoms with Gasteiger partial charge in [0.15, 0.2) is 0 Å². The summed E-state index contributed by atoms with van der Waals surface area (Å²) >= 11 is 8.97. The molecule has 0 spiro atoms. The minimum absolute atomic E-state index is 0.102. The van der Waals surface area contributed by atoms with Crippen molar-refractivity contribution in [2.75, 3.05) is 5.32 Å². The Balaban J connectivity index is 2.30. The summed E-state index contributed by atoms with van der Waals surface area (Å²) in [6, 6.07) is 10.8. The van der Waals surface area contributed by atoms with Gasteiger partial charge in [-0.1, -0.05) is 33.6 Å². The predicted molar refractivity (Wildman–Crippen MR) is 77.9 cm³/mol. The molecule has 0 aliphatic heterocycles. The summed E-state index contributed by atoms with van der Waals surface area (Å²) in [5.74, 6) is -1.81. The maximum absolute atomic E-state index is 12.0. The van der Waals surface area contributed by atoms with Crippen LogP contribution in [0.2, 0.25) is 5.02 Å². The van der Waals surface area contributed by atoms with Crippen LogP contribution in [0.15, 0.2) is 46.9 Å². The van der Waals surface area contributed by atoms with Crippen molar-refractivity contribution in [3.8, 4) is 0 Å². The lowest BCUT2D eigenvalue weighted by Gasteiger charge is -2.12. The lowest BCUT2D eigenvalue weighted by atomic mass is 10.1. The van der Waals surface area contributed by atoms with Crippen LogP contribution in [-0.2, 0) is 0 Å². The number of amides is 1. The van der Waals surface area contributed by atoms with Gasteiger partial charge in [-0.15, -0.1) is 0 Å². The molecule has 0 bridgehead atoms. The second-order valence-corrected chi connectivity index (χ2v) is 5.29. The molecule has 0 aromatic heterocycles. The van der Waals surface area contributed by atoms with E-state index in [1.54, 1.807) is 24.3 Å². The van der Waals surface area contributed by atoms with Gasteiger partial charge in [-0.05, 0) is 36.4 Å². The van der Waals surface area contributed by atoms with Gasteiger partial charge in [-0.3, -0.25) is 4.79 Å². The van der Waals surface area contributed by atoms with Crippen molar-refractivity contribution in [3.05, 3.63) is 63.1 Å². The molecule has 1 N–H and O–H groups in total. The fraction of sp³-hybridized carbons (Fsp3) is 0. The Hall–Kier alpha value is -1.85. The normalized spacial score (nSPS) is 10.1. The van der Waals surface area contributed by atoms with Crippen molar-refractivity contribution in [2.45, 2.75) is 0 Å². The van der Waals surface area contributed by atoms with E-state index in [4.69, 9.17) is 11.6 Å². The van der Waals surface area contributed by atoms with E-state index in [0.29, 0.717) is 15.1 Å². The Morgan fingerprint density at radius 2 is 1.90 bits per heavy atom. The number of hydrogen-bond donors (Lipinski definition) is 1. The second kappa shape index (κ2) is 6.07. The van der Waals surface area contributed by atoms with Gasteiger partial charge in [-0.25, -0.2) is 0 Å². The summed E-state index contributed by atoms with van der Waals surface area (Å²) in [4.78, 5) is 23.1. The summed E-state index contributed by atoms with van der Waals surface area (Å²) < 4.78 is 0.581. The first-order valence-electron chi connectivity index (χ1n) is 5.55. The highest BCUT2D eigenvalue weighted by Crippen LogP contribution is 2.21. The van der Waals surface area contributed by atoms with Crippen molar-refractivity contribution in [2.24, 2.45) is 0 Å². The van der Waals surface area contributed by atoms with Gasteiger partial charge in [0.05, 0.1) is 11.7 Å². The molecule has 0 heterocycles. The summed E-state index contributed by atoms with van der Waals surface area (Å²) in [6.07, 6.45) is 0. The van der Waals surface area contributed by atoms with Gasteiger partial charge in [-0.2, -0.15) is 0 Å². The van der Waals surface area contributed by atoms with Crippen molar-refractivity contribution < 1.29 is 14.7 Å². The van der Waals surface area contributed by atoms with Crippen molar-refractivity contribution in [1.82, 2.24) is 0 Å². The molecule has 102 valence electrons. The summed E-state index contributed by atoms with van der Waals surface area (Å²) in [6.45, 7) is 0. The first-order chi connectivity index (χ1) is 9.47. The zero-order valence-corrected chi connectivity index (χ0v) is 12.4. The zero-order valence-electron chi connectivity index (χ0n) is 10.0. The van der Waals surface area contributed by atoms with Gasteiger partial charge in [0.25, 0.3) is 5.91 Å². The lowest BCUT2D eigenvalue weighted by molar-refractivity contribution is -0.254. The van der Waals surface area contributed by atoms with Crippen LogP contribution in [0.3, 0.4) is 0 Å². The molecule has 0 atom stereocenters. The van der Waals surface area contributed by atoms with Crippen LogP contribution >= 0.6 is 27.5 Å². The molecule has 6 heteroatoms.